The number of nitrogens with zero attached hydrogens (tertiary/aromatic N) is 1. The number of hydrogen-bond donors (Lipinski definition) is 2. The Bertz CT molecular complexity index is 475. The van der Waals surface area contributed by atoms with Gasteiger partial charge in [-0.25, -0.2) is 4.79 Å². The van der Waals surface area contributed by atoms with Gasteiger partial charge in [-0.2, -0.15) is 11.8 Å². The normalized spacial score (nSPS) is 19.2. The molecule has 1 aliphatic heterocycles. The average molecular weight is 280 g/mol. The van der Waals surface area contributed by atoms with Crippen molar-refractivity contribution in [2.75, 3.05) is 23.8 Å². The number of benzene rings is 1. The standard InChI is InChI=1S/C13H16N2O3S/c14-10-3-1-9(2-4-10)7-12(16)15-5-6-19-8-11(15)13(17)18/h1-4,11H,5-8,14H2,(H,17,18). The summed E-state index contributed by atoms with van der Waals surface area (Å²) in [6.45, 7) is 0.495. The van der Waals surface area contributed by atoms with E-state index in [-0.39, 0.29) is 12.3 Å². The lowest BCUT2D eigenvalue weighted by atomic mass is 10.1. The number of thioether (sulfide) groups is 1. The highest BCUT2D eigenvalue weighted by Gasteiger charge is 2.32. The van der Waals surface area contributed by atoms with Crippen LogP contribution in [-0.4, -0.2) is 46.0 Å². The number of aliphatic carboxylic acids is 1. The van der Waals surface area contributed by atoms with Crippen LogP contribution in [0, 0.1) is 0 Å². The van der Waals surface area contributed by atoms with Crippen molar-refractivity contribution in [3.63, 3.8) is 0 Å². The third-order valence-corrected chi connectivity index (χ3v) is 4.09. The van der Waals surface area contributed by atoms with Gasteiger partial charge in [0.25, 0.3) is 0 Å². The van der Waals surface area contributed by atoms with Crippen LogP contribution in [0.4, 0.5) is 5.69 Å². The zero-order valence-corrected chi connectivity index (χ0v) is 11.2. The molecule has 0 aromatic heterocycles. The first-order valence-electron chi connectivity index (χ1n) is 6.02. The molecule has 1 unspecified atom stereocenters. The second kappa shape index (κ2) is 5.97. The van der Waals surface area contributed by atoms with Crippen molar-refractivity contribution in [3.05, 3.63) is 29.8 Å². The van der Waals surface area contributed by atoms with Gasteiger partial charge in [-0.15, -0.1) is 0 Å². The quantitative estimate of drug-likeness (QED) is 0.802. The molecule has 0 radical (unpaired) electrons. The summed E-state index contributed by atoms with van der Waals surface area (Å²) in [5, 5.41) is 9.14. The number of anilines is 1. The molecule has 1 aliphatic rings. The molecule has 1 amide bonds. The van der Waals surface area contributed by atoms with Crippen LogP contribution in [0.5, 0.6) is 0 Å². The SMILES string of the molecule is Nc1ccc(CC(=O)N2CCSCC2C(=O)O)cc1. The maximum atomic E-state index is 12.2. The van der Waals surface area contributed by atoms with E-state index in [0.29, 0.717) is 18.0 Å². The molecular weight excluding hydrogens is 264 g/mol. The fraction of sp³-hybridized carbons (Fsp3) is 0.385. The van der Waals surface area contributed by atoms with Crippen molar-refractivity contribution in [1.82, 2.24) is 4.90 Å². The third kappa shape index (κ3) is 3.41. The van der Waals surface area contributed by atoms with Gasteiger partial charge in [0.15, 0.2) is 0 Å². The van der Waals surface area contributed by atoms with Crippen LogP contribution in [-0.2, 0) is 16.0 Å². The molecule has 5 nitrogen and oxygen atoms in total. The molecule has 0 bridgehead atoms. The average Bonchev–Trinajstić information content (AvgIpc) is 2.41. The smallest absolute Gasteiger partial charge is 0.327 e. The molecule has 19 heavy (non-hydrogen) atoms. The van der Waals surface area contributed by atoms with Crippen LogP contribution in [0.3, 0.4) is 0 Å². The van der Waals surface area contributed by atoms with Gasteiger partial charge in [-0.1, -0.05) is 12.1 Å². The summed E-state index contributed by atoms with van der Waals surface area (Å²) < 4.78 is 0. The van der Waals surface area contributed by atoms with Crippen LogP contribution < -0.4 is 5.73 Å². The molecule has 1 heterocycles. The van der Waals surface area contributed by atoms with Gasteiger partial charge in [-0.3, -0.25) is 4.79 Å². The van der Waals surface area contributed by atoms with E-state index in [1.807, 2.05) is 0 Å². The second-order valence-corrected chi connectivity index (χ2v) is 5.58. The first-order valence-corrected chi connectivity index (χ1v) is 7.18. The lowest BCUT2D eigenvalue weighted by Crippen LogP contribution is -2.50. The van der Waals surface area contributed by atoms with E-state index in [2.05, 4.69) is 0 Å². The molecule has 0 spiro atoms. The number of carbonyl (C=O) groups is 2. The number of hydrogen-bond acceptors (Lipinski definition) is 4. The van der Waals surface area contributed by atoms with Gasteiger partial charge in [0.2, 0.25) is 5.91 Å². The predicted molar refractivity (Wildman–Crippen MR) is 75.0 cm³/mol. The fourth-order valence-corrected chi connectivity index (χ4v) is 3.06. The van der Waals surface area contributed by atoms with E-state index >= 15 is 0 Å². The van der Waals surface area contributed by atoms with Gasteiger partial charge in [0.1, 0.15) is 6.04 Å². The summed E-state index contributed by atoms with van der Waals surface area (Å²) in [5.41, 5.74) is 7.08. The Kier molecular flexibility index (Phi) is 4.31. The van der Waals surface area contributed by atoms with Gasteiger partial charge in [-0.05, 0) is 17.7 Å². The van der Waals surface area contributed by atoms with Gasteiger partial charge >= 0.3 is 5.97 Å². The number of carbonyl (C=O) groups excluding carboxylic acids is 1. The van der Waals surface area contributed by atoms with Crippen LogP contribution in [0.1, 0.15) is 5.56 Å². The molecular formula is C13H16N2O3S. The predicted octanol–water partition coefficient (Wildman–Crippen LogP) is 0.840. The van der Waals surface area contributed by atoms with E-state index in [9.17, 15) is 9.59 Å². The van der Waals surface area contributed by atoms with Gasteiger partial charge < -0.3 is 15.7 Å². The highest BCUT2D eigenvalue weighted by atomic mass is 32.2. The zero-order valence-electron chi connectivity index (χ0n) is 10.4. The number of carboxylic acid groups (broad SMARTS) is 1. The van der Waals surface area contributed by atoms with E-state index in [1.54, 1.807) is 36.0 Å². The molecule has 1 aromatic rings. The minimum atomic E-state index is -0.933. The van der Waals surface area contributed by atoms with Crippen LogP contribution in [0.15, 0.2) is 24.3 Å². The topological polar surface area (TPSA) is 83.6 Å². The van der Waals surface area contributed by atoms with Crippen molar-refractivity contribution in [1.29, 1.82) is 0 Å². The van der Waals surface area contributed by atoms with Crippen LogP contribution >= 0.6 is 11.8 Å². The van der Waals surface area contributed by atoms with Crippen molar-refractivity contribution in [2.45, 2.75) is 12.5 Å². The minimum absolute atomic E-state index is 0.141. The molecule has 0 aliphatic carbocycles. The Hall–Kier alpha value is -1.69. The first-order chi connectivity index (χ1) is 9.08. The highest BCUT2D eigenvalue weighted by molar-refractivity contribution is 7.99. The Balaban J connectivity index is 2.05. The number of amides is 1. The second-order valence-electron chi connectivity index (χ2n) is 4.43. The Labute approximate surface area is 115 Å². The lowest BCUT2D eigenvalue weighted by molar-refractivity contribution is -0.148. The molecule has 1 atom stereocenters. The van der Waals surface area contributed by atoms with E-state index < -0.39 is 12.0 Å². The summed E-state index contributed by atoms with van der Waals surface area (Å²) in [5.74, 6) is 0.176. The zero-order chi connectivity index (χ0) is 13.8. The van der Waals surface area contributed by atoms with Crippen molar-refractivity contribution in [2.24, 2.45) is 0 Å². The maximum absolute atomic E-state index is 12.2. The molecule has 1 fully saturated rings. The van der Waals surface area contributed by atoms with Gasteiger partial charge in [0, 0.05) is 23.7 Å². The number of nitrogen functional groups attached to an aromatic ring is 1. The largest absolute Gasteiger partial charge is 0.480 e. The van der Waals surface area contributed by atoms with Crippen LogP contribution in [0.2, 0.25) is 0 Å². The molecule has 1 aromatic carbocycles. The Morgan fingerprint density at radius 1 is 1.37 bits per heavy atom. The molecule has 1 saturated heterocycles. The molecule has 3 N–H and O–H groups in total. The fourth-order valence-electron chi connectivity index (χ4n) is 2.02. The first kappa shape index (κ1) is 13.7. The van der Waals surface area contributed by atoms with Gasteiger partial charge in [0.05, 0.1) is 6.42 Å². The minimum Gasteiger partial charge on any atom is -0.480 e. The van der Waals surface area contributed by atoms with E-state index in [1.165, 1.54) is 4.90 Å². The molecule has 2 rings (SSSR count). The van der Waals surface area contributed by atoms with Crippen molar-refractivity contribution >= 4 is 29.3 Å². The monoisotopic (exact) mass is 280 g/mol. The third-order valence-electron chi connectivity index (χ3n) is 3.07. The molecule has 102 valence electrons. The summed E-state index contributed by atoms with van der Waals surface area (Å²) in [6, 6.07) is 6.36. The van der Waals surface area contributed by atoms with Crippen molar-refractivity contribution in [3.8, 4) is 0 Å². The summed E-state index contributed by atoms with van der Waals surface area (Å²) in [6.07, 6.45) is 0.217. The lowest BCUT2D eigenvalue weighted by Gasteiger charge is -2.32. The maximum Gasteiger partial charge on any atom is 0.327 e. The number of carboxylic acids is 1. The van der Waals surface area contributed by atoms with Crippen LogP contribution in [0.25, 0.3) is 0 Å². The molecule has 6 heteroatoms. The highest BCUT2D eigenvalue weighted by Crippen LogP contribution is 2.18. The number of nitrogens with two attached hydrogens (primary N) is 1. The molecule has 0 saturated carbocycles. The summed E-state index contributed by atoms with van der Waals surface area (Å²) in [7, 11) is 0. The van der Waals surface area contributed by atoms with Crippen molar-refractivity contribution < 1.29 is 14.7 Å². The Morgan fingerprint density at radius 2 is 2.05 bits per heavy atom. The van der Waals surface area contributed by atoms with E-state index in [0.717, 1.165) is 11.3 Å². The Morgan fingerprint density at radius 3 is 2.68 bits per heavy atom. The van der Waals surface area contributed by atoms with E-state index in [4.69, 9.17) is 10.8 Å². The summed E-state index contributed by atoms with van der Waals surface area (Å²) in [4.78, 5) is 24.8. The number of rotatable bonds is 3. The summed E-state index contributed by atoms with van der Waals surface area (Å²) >= 11 is 1.57.